The smallest absolute Gasteiger partial charge is 0.223 e. The van der Waals surface area contributed by atoms with Gasteiger partial charge in [0.1, 0.15) is 0 Å². The van der Waals surface area contributed by atoms with Crippen molar-refractivity contribution >= 4 is 16.8 Å². The van der Waals surface area contributed by atoms with Crippen molar-refractivity contribution in [3.05, 3.63) is 36.0 Å². The van der Waals surface area contributed by atoms with Crippen molar-refractivity contribution in [1.29, 1.82) is 0 Å². The van der Waals surface area contributed by atoms with Crippen LogP contribution in [0.4, 0.5) is 0 Å². The highest BCUT2D eigenvalue weighted by molar-refractivity contribution is 5.84. The molecule has 134 valence electrons. The predicted molar refractivity (Wildman–Crippen MR) is 98.4 cm³/mol. The molecule has 5 heteroatoms. The van der Waals surface area contributed by atoms with Crippen molar-refractivity contribution in [2.45, 2.75) is 37.7 Å². The first kappa shape index (κ1) is 16.6. The number of fused-ring (bicyclic) bond motifs is 1. The molecular formula is C20H27N3O2. The minimum Gasteiger partial charge on any atom is -0.387 e. The van der Waals surface area contributed by atoms with Crippen molar-refractivity contribution in [1.82, 2.24) is 14.8 Å². The van der Waals surface area contributed by atoms with E-state index >= 15 is 0 Å². The summed E-state index contributed by atoms with van der Waals surface area (Å²) in [6, 6.07) is 8.19. The molecule has 0 radical (unpaired) electrons. The first-order valence-electron chi connectivity index (χ1n) is 9.40. The molecule has 0 spiro atoms. The average molecular weight is 341 g/mol. The maximum Gasteiger partial charge on any atom is 0.223 e. The first-order chi connectivity index (χ1) is 12.1. The third-order valence-electron chi connectivity index (χ3n) is 5.68. The van der Waals surface area contributed by atoms with Gasteiger partial charge in [0.2, 0.25) is 5.91 Å². The van der Waals surface area contributed by atoms with Crippen LogP contribution < -0.4 is 0 Å². The van der Waals surface area contributed by atoms with Crippen molar-refractivity contribution in [2.75, 3.05) is 32.7 Å². The lowest BCUT2D eigenvalue weighted by Crippen LogP contribution is -2.45. The van der Waals surface area contributed by atoms with E-state index in [-0.39, 0.29) is 5.91 Å². The second-order valence-corrected chi connectivity index (χ2v) is 7.63. The SMILES string of the molecule is O=C(CCc1c[nH]c2ccccc12)N1CC[C@@](O)(CN2CCCC2)C1. The molecule has 1 amide bonds. The van der Waals surface area contributed by atoms with Crippen LogP contribution in [0.2, 0.25) is 0 Å². The summed E-state index contributed by atoms with van der Waals surface area (Å²) >= 11 is 0. The van der Waals surface area contributed by atoms with Crippen LogP contribution >= 0.6 is 0 Å². The van der Waals surface area contributed by atoms with Gasteiger partial charge in [0, 0.05) is 36.6 Å². The zero-order chi connectivity index (χ0) is 17.3. The van der Waals surface area contributed by atoms with Gasteiger partial charge in [0.15, 0.2) is 0 Å². The van der Waals surface area contributed by atoms with Gasteiger partial charge in [0.05, 0.1) is 12.1 Å². The number of carbonyl (C=O) groups is 1. The van der Waals surface area contributed by atoms with Crippen LogP contribution in [0.25, 0.3) is 10.9 Å². The first-order valence-corrected chi connectivity index (χ1v) is 9.40. The molecule has 2 fully saturated rings. The zero-order valence-corrected chi connectivity index (χ0v) is 14.7. The minimum atomic E-state index is -0.721. The number of para-hydroxylation sites is 1. The lowest BCUT2D eigenvalue weighted by atomic mass is 10.0. The topological polar surface area (TPSA) is 59.6 Å². The number of aliphatic hydroxyl groups is 1. The normalized spacial score (nSPS) is 24.4. The van der Waals surface area contributed by atoms with Crippen LogP contribution in [0.5, 0.6) is 0 Å². The molecule has 1 atom stereocenters. The van der Waals surface area contributed by atoms with Gasteiger partial charge in [-0.15, -0.1) is 0 Å². The molecule has 1 aromatic heterocycles. The third-order valence-corrected chi connectivity index (χ3v) is 5.68. The van der Waals surface area contributed by atoms with E-state index in [2.05, 4.69) is 22.0 Å². The Morgan fingerprint density at radius 3 is 2.84 bits per heavy atom. The van der Waals surface area contributed by atoms with Gasteiger partial charge < -0.3 is 19.9 Å². The highest BCUT2D eigenvalue weighted by Gasteiger charge is 2.39. The minimum absolute atomic E-state index is 0.155. The lowest BCUT2D eigenvalue weighted by molar-refractivity contribution is -0.131. The second-order valence-electron chi connectivity index (χ2n) is 7.63. The summed E-state index contributed by atoms with van der Waals surface area (Å²) in [6.45, 7) is 4.03. The number of aromatic nitrogens is 1. The number of amides is 1. The molecule has 0 unspecified atom stereocenters. The van der Waals surface area contributed by atoms with E-state index in [0.29, 0.717) is 32.5 Å². The van der Waals surface area contributed by atoms with Crippen molar-refractivity contribution in [3.8, 4) is 0 Å². The fraction of sp³-hybridized carbons (Fsp3) is 0.550. The molecule has 2 aliphatic heterocycles. The molecule has 3 heterocycles. The van der Waals surface area contributed by atoms with E-state index in [1.165, 1.54) is 23.8 Å². The van der Waals surface area contributed by atoms with Crippen LogP contribution in [-0.4, -0.2) is 64.1 Å². The molecule has 0 saturated carbocycles. The number of aryl methyl sites for hydroxylation is 1. The number of nitrogens with one attached hydrogen (secondary N) is 1. The number of hydrogen-bond acceptors (Lipinski definition) is 3. The molecule has 4 rings (SSSR count). The monoisotopic (exact) mass is 341 g/mol. The van der Waals surface area contributed by atoms with E-state index in [4.69, 9.17) is 0 Å². The van der Waals surface area contributed by atoms with Gasteiger partial charge in [-0.3, -0.25) is 4.79 Å². The van der Waals surface area contributed by atoms with Gasteiger partial charge >= 0.3 is 0 Å². The summed E-state index contributed by atoms with van der Waals surface area (Å²) < 4.78 is 0. The number of likely N-dealkylation sites (tertiary alicyclic amines) is 2. The zero-order valence-electron chi connectivity index (χ0n) is 14.7. The van der Waals surface area contributed by atoms with Crippen LogP contribution in [0, 0.1) is 0 Å². The largest absolute Gasteiger partial charge is 0.387 e. The maximum atomic E-state index is 12.6. The van der Waals surface area contributed by atoms with Crippen LogP contribution in [0.3, 0.4) is 0 Å². The quantitative estimate of drug-likeness (QED) is 0.876. The lowest BCUT2D eigenvalue weighted by Gasteiger charge is -2.28. The Hall–Kier alpha value is -1.85. The van der Waals surface area contributed by atoms with Crippen molar-refractivity contribution < 1.29 is 9.90 Å². The number of aromatic amines is 1. The Kier molecular flexibility index (Phi) is 4.52. The molecule has 0 bridgehead atoms. The number of β-amino-alcohol motifs (C(OH)–C–C–N with tert-alkyl or cyclic N) is 1. The summed E-state index contributed by atoms with van der Waals surface area (Å²) in [5.74, 6) is 0.155. The van der Waals surface area contributed by atoms with Gasteiger partial charge in [0.25, 0.3) is 0 Å². The fourth-order valence-electron chi connectivity index (χ4n) is 4.29. The molecule has 2 N–H and O–H groups in total. The summed E-state index contributed by atoms with van der Waals surface area (Å²) in [7, 11) is 0. The van der Waals surface area contributed by atoms with E-state index in [1.807, 2.05) is 23.2 Å². The van der Waals surface area contributed by atoms with E-state index in [9.17, 15) is 9.90 Å². The Morgan fingerprint density at radius 1 is 1.20 bits per heavy atom. The van der Waals surface area contributed by atoms with Crippen molar-refractivity contribution in [2.24, 2.45) is 0 Å². The third kappa shape index (κ3) is 3.58. The maximum absolute atomic E-state index is 12.6. The Bertz CT molecular complexity index is 750. The average Bonchev–Trinajstić information content (AvgIpc) is 3.33. The number of carbonyl (C=O) groups excluding carboxylic acids is 1. The second kappa shape index (κ2) is 6.81. The number of benzene rings is 1. The molecular weight excluding hydrogens is 314 g/mol. The van der Waals surface area contributed by atoms with Crippen LogP contribution in [0.1, 0.15) is 31.2 Å². The fourth-order valence-corrected chi connectivity index (χ4v) is 4.29. The molecule has 0 aliphatic carbocycles. The Morgan fingerprint density at radius 2 is 2.00 bits per heavy atom. The molecule has 2 saturated heterocycles. The standard InChI is InChI=1S/C20H27N3O2/c24-19(8-7-16-13-21-18-6-2-1-5-17(16)18)23-12-9-20(25,15-23)14-22-10-3-4-11-22/h1-2,5-6,13,21,25H,3-4,7-12,14-15H2/t20-/m1/s1. The number of nitrogens with zero attached hydrogens (tertiary/aromatic N) is 2. The van der Waals surface area contributed by atoms with Gasteiger partial charge in [-0.1, -0.05) is 18.2 Å². The summed E-state index contributed by atoms with van der Waals surface area (Å²) in [5, 5.41) is 12.0. The summed E-state index contributed by atoms with van der Waals surface area (Å²) in [5.41, 5.74) is 1.59. The molecule has 25 heavy (non-hydrogen) atoms. The van der Waals surface area contributed by atoms with Gasteiger partial charge in [-0.25, -0.2) is 0 Å². The van der Waals surface area contributed by atoms with Gasteiger partial charge in [-0.05, 0) is 50.4 Å². The summed E-state index contributed by atoms with van der Waals surface area (Å²) in [4.78, 5) is 20.0. The molecule has 2 aromatic rings. The van der Waals surface area contributed by atoms with E-state index in [0.717, 1.165) is 25.0 Å². The number of hydrogen-bond donors (Lipinski definition) is 2. The highest BCUT2D eigenvalue weighted by atomic mass is 16.3. The molecule has 2 aliphatic rings. The van der Waals surface area contributed by atoms with E-state index < -0.39 is 5.60 Å². The molecule has 1 aromatic carbocycles. The Balaban J connectivity index is 1.32. The van der Waals surface area contributed by atoms with Crippen LogP contribution in [0.15, 0.2) is 30.5 Å². The van der Waals surface area contributed by atoms with Gasteiger partial charge in [-0.2, -0.15) is 0 Å². The Labute approximate surface area is 148 Å². The summed E-state index contributed by atoms with van der Waals surface area (Å²) in [6.07, 6.45) is 6.40. The highest BCUT2D eigenvalue weighted by Crippen LogP contribution is 2.25. The number of H-pyrrole nitrogens is 1. The van der Waals surface area contributed by atoms with Crippen LogP contribution in [-0.2, 0) is 11.2 Å². The van der Waals surface area contributed by atoms with Crippen molar-refractivity contribution in [3.63, 3.8) is 0 Å². The van der Waals surface area contributed by atoms with E-state index in [1.54, 1.807) is 0 Å². The predicted octanol–water partition coefficient (Wildman–Crippen LogP) is 2.16. The number of rotatable bonds is 5. The molecule has 5 nitrogen and oxygen atoms in total.